The molecule has 0 bridgehead atoms. The third-order valence-electron chi connectivity index (χ3n) is 3.77. The number of H-pyrrole nitrogens is 1. The van der Waals surface area contributed by atoms with Gasteiger partial charge in [0.2, 0.25) is 5.91 Å². The van der Waals surface area contributed by atoms with E-state index in [2.05, 4.69) is 9.97 Å². The fraction of sp³-hybridized carbons (Fsp3) is 0.625. The normalized spacial score (nSPS) is 25.2. The van der Waals surface area contributed by atoms with E-state index < -0.39 is 12.2 Å². The highest BCUT2D eigenvalue weighted by Gasteiger charge is 2.33. The minimum Gasteiger partial charge on any atom is -0.390 e. The second kappa shape index (κ2) is 8.24. The van der Waals surface area contributed by atoms with Crippen molar-refractivity contribution in [3.63, 3.8) is 0 Å². The van der Waals surface area contributed by atoms with E-state index in [0.717, 1.165) is 5.69 Å². The number of aromatic amines is 1. The van der Waals surface area contributed by atoms with Crippen LogP contribution in [0.2, 0.25) is 0 Å². The van der Waals surface area contributed by atoms with Gasteiger partial charge in [0.1, 0.15) is 6.10 Å². The van der Waals surface area contributed by atoms with Crippen LogP contribution < -0.4 is 0 Å². The molecule has 1 amide bonds. The van der Waals surface area contributed by atoms with Crippen molar-refractivity contribution in [3.8, 4) is 0 Å². The fourth-order valence-corrected chi connectivity index (χ4v) is 2.61. The van der Waals surface area contributed by atoms with Gasteiger partial charge >= 0.3 is 0 Å². The Bertz CT molecular complexity index is 515. The minimum atomic E-state index is -0.898. The molecule has 23 heavy (non-hydrogen) atoms. The van der Waals surface area contributed by atoms with Crippen molar-refractivity contribution in [1.29, 1.82) is 0 Å². The number of rotatable bonds is 6. The van der Waals surface area contributed by atoms with Gasteiger partial charge < -0.3 is 24.8 Å². The van der Waals surface area contributed by atoms with E-state index in [-0.39, 0.29) is 18.4 Å². The van der Waals surface area contributed by atoms with Crippen molar-refractivity contribution in [2.45, 2.75) is 26.1 Å². The monoisotopic (exact) mass is 323 g/mol. The van der Waals surface area contributed by atoms with Crippen molar-refractivity contribution in [1.82, 2.24) is 14.9 Å². The molecule has 7 heteroatoms. The summed E-state index contributed by atoms with van der Waals surface area (Å²) < 4.78 is 5.29. The molecule has 3 atom stereocenters. The molecule has 0 radical (unpaired) electrons. The maximum absolute atomic E-state index is 12.5. The van der Waals surface area contributed by atoms with Gasteiger partial charge in [0.25, 0.3) is 0 Å². The van der Waals surface area contributed by atoms with Crippen LogP contribution in [0.15, 0.2) is 18.6 Å². The summed E-state index contributed by atoms with van der Waals surface area (Å²) in [5.74, 6) is -0.131. The van der Waals surface area contributed by atoms with E-state index in [9.17, 15) is 15.0 Å². The van der Waals surface area contributed by atoms with Crippen molar-refractivity contribution in [2.75, 3.05) is 26.3 Å². The van der Waals surface area contributed by atoms with Gasteiger partial charge in [-0.15, -0.1) is 0 Å². The first-order valence-electron chi connectivity index (χ1n) is 7.86. The summed E-state index contributed by atoms with van der Waals surface area (Å²) in [5, 5.41) is 19.8. The SMILES string of the molecule is CC(C)CN(C[C@@H]1COC[C@@H](O)[C@H]1O)C(=O)/C=C/c1cnc[nH]1. The Kier molecular flexibility index (Phi) is 6.32. The van der Waals surface area contributed by atoms with Crippen LogP contribution in [0, 0.1) is 11.8 Å². The lowest BCUT2D eigenvalue weighted by molar-refractivity contribution is -0.139. The zero-order chi connectivity index (χ0) is 16.8. The molecule has 0 unspecified atom stereocenters. The summed E-state index contributed by atoms with van der Waals surface area (Å²) >= 11 is 0. The first-order chi connectivity index (χ1) is 11.0. The van der Waals surface area contributed by atoms with Crippen molar-refractivity contribution >= 4 is 12.0 Å². The van der Waals surface area contributed by atoms with Crippen LogP contribution in [-0.2, 0) is 9.53 Å². The quantitative estimate of drug-likeness (QED) is 0.653. The van der Waals surface area contributed by atoms with Gasteiger partial charge in [0.05, 0.1) is 37.5 Å². The predicted molar refractivity (Wildman–Crippen MR) is 85.4 cm³/mol. The predicted octanol–water partition coefficient (Wildman–Crippen LogP) is 0.276. The lowest BCUT2D eigenvalue weighted by atomic mass is 9.95. The summed E-state index contributed by atoms with van der Waals surface area (Å²) in [5.41, 5.74) is 0.749. The molecule has 128 valence electrons. The first-order valence-corrected chi connectivity index (χ1v) is 7.86. The lowest BCUT2D eigenvalue weighted by Crippen LogP contribution is -2.50. The number of nitrogens with one attached hydrogen (secondary N) is 1. The van der Waals surface area contributed by atoms with Crippen LogP contribution in [-0.4, -0.2) is 69.5 Å². The first kappa shape index (κ1) is 17.7. The molecule has 0 aromatic carbocycles. The Morgan fingerprint density at radius 2 is 2.30 bits per heavy atom. The summed E-state index contributed by atoms with van der Waals surface area (Å²) in [6, 6.07) is 0. The summed E-state index contributed by atoms with van der Waals surface area (Å²) in [4.78, 5) is 20.9. The van der Waals surface area contributed by atoms with E-state index in [1.54, 1.807) is 23.5 Å². The number of carbonyl (C=O) groups is 1. The number of amides is 1. The second-order valence-corrected chi connectivity index (χ2v) is 6.33. The number of aliphatic hydroxyl groups excluding tert-OH is 2. The van der Waals surface area contributed by atoms with Gasteiger partial charge in [-0.25, -0.2) is 4.98 Å². The van der Waals surface area contributed by atoms with Crippen LogP contribution in [0.3, 0.4) is 0 Å². The number of nitrogens with zero attached hydrogens (tertiary/aromatic N) is 2. The number of imidazole rings is 1. The van der Waals surface area contributed by atoms with Crippen LogP contribution in [0.4, 0.5) is 0 Å². The molecule has 0 saturated carbocycles. The standard InChI is InChI=1S/C16H25N3O4/c1-11(2)6-19(7-12-8-23-9-14(20)16(12)22)15(21)4-3-13-5-17-10-18-13/h3-5,10-12,14,16,20,22H,6-9H2,1-2H3,(H,17,18)/b4-3+/t12-,14-,16+/m1/s1. The van der Waals surface area contributed by atoms with E-state index in [1.807, 2.05) is 13.8 Å². The fourth-order valence-electron chi connectivity index (χ4n) is 2.61. The van der Waals surface area contributed by atoms with Gasteiger partial charge in [0, 0.05) is 25.1 Å². The summed E-state index contributed by atoms with van der Waals surface area (Å²) in [6.07, 6.45) is 4.57. The topological polar surface area (TPSA) is 98.7 Å². The smallest absolute Gasteiger partial charge is 0.246 e. The molecule has 2 heterocycles. The van der Waals surface area contributed by atoms with Gasteiger partial charge in [-0.2, -0.15) is 0 Å². The molecule has 2 rings (SSSR count). The molecule has 1 aromatic heterocycles. The average molecular weight is 323 g/mol. The Balaban J connectivity index is 2.02. The largest absolute Gasteiger partial charge is 0.390 e. The number of carbonyl (C=O) groups excluding carboxylic acids is 1. The summed E-state index contributed by atoms with van der Waals surface area (Å²) in [7, 11) is 0. The molecule has 1 fully saturated rings. The molecule has 3 N–H and O–H groups in total. The maximum Gasteiger partial charge on any atom is 0.246 e. The van der Waals surface area contributed by atoms with Crippen LogP contribution >= 0.6 is 0 Å². The molecule has 1 aliphatic rings. The van der Waals surface area contributed by atoms with Crippen molar-refractivity contribution in [3.05, 3.63) is 24.3 Å². The van der Waals surface area contributed by atoms with Crippen LogP contribution in [0.1, 0.15) is 19.5 Å². The van der Waals surface area contributed by atoms with Gasteiger partial charge in [-0.05, 0) is 12.0 Å². The number of aromatic nitrogens is 2. The van der Waals surface area contributed by atoms with Crippen molar-refractivity contribution < 1.29 is 19.7 Å². The third-order valence-corrected chi connectivity index (χ3v) is 3.77. The highest BCUT2D eigenvalue weighted by Crippen LogP contribution is 2.18. The Morgan fingerprint density at radius 1 is 1.52 bits per heavy atom. The molecular weight excluding hydrogens is 298 g/mol. The average Bonchev–Trinajstić information content (AvgIpc) is 3.01. The number of aliphatic hydroxyl groups is 2. The lowest BCUT2D eigenvalue weighted by Gasteiger charge is -2.35. The molecule has 0 spiro atoms. The van der Waals surface area contributed by atoms with E-state index >= 15 is 0 Å². The molecule has 0 aliphatic carbocycles. The molecular formula is C16H25N3O4. The molecule has 1 aromatic rings. The Morgan fingerprint density at radius 3 is 2.96 bits per heavy atom. The van der Waals surface area contributed by atoms with Crippen LogP contribution in [0.25, 0.3) is 6.08 Å². The maximum atomic E-state index is 12.5. The number of ether oxygens (including phenoxy) is 1. The van der Waals surface area contributed by atoms with Crippen molar-refractivity contribution in [2.24, 2.45) is 11.8 Å². The molecule has 1 aliphatic heterocycles. The molecule has 1 saturated heterocycles. The number of hydrogen-bond acceptors (Lipinski definition) is 5. The second-order valence-electron chi connectivity index (χ2n) is 6.33. The zero-order valence-electron chi connectivity index (χ0n) is 13.6. The Hall–Kier alpha value is -1.70. The Labute approximate surface area is 136 Å². The van der Waals surface area contributed by atoms with Gasteiger partial charge in [-0.1, -0.05) is 13.8 Å². The molecule has 7 nitrogen and oxygen atoms in total. The number of hydrogen-bond donors (Lipinski definition) is 3. The van der Waals surface area contributed by atoms with E-state index in [0.29, 0.717) is 25.6 Å². The van der Waals surface area contributed by atoms with E-state index in [1.165, 1.54) is 6.08 Å². The zero-order valence-corrected chi connectivity index (χ0v) is 13.6. The highest BCUT2D eigenvalue weighted by molar-refractivity contribution is 5.91. The van der Waals surface area contributed by atoms with Crippen LogP contribution in [0.5, 0.6) is 0 Å². The third kappa shape index (κ3) is 5.16. The highest BCUT2D eigenvalue weighted by atomic mass is 16.5. The summed E-state index contributed by atoms with van der Waals surface area (Å²) in [6.45, 7) is 5.46. The minimum absolute atomic E-state index is 0.134. The van der Waals surface area contributed by atoms with Gasteiger partial charge in [-0.3, -0.25) is 4.79 Å². The van der Waals surface area contributed by atoms with Gasteiger partial charge in [0.15, 0.2) is 0 Å². The van der Waals surface area contributed by atoms with E-state index in [4.69, 9.17) is 4.74 Å².